The molecule has 0 spiro atoms. The van der Waals surface area contributed by atoms with Crippen LogP contribution < -0.4 is 4.90 Å². The summed E-state index contributed by atoms with van der Waals surface area (Å²) in [5, 5.41) is 14.8. The standard InChI is InChI=1S/C9H11N.C2H2O4/c1-10-7-6-8-4-2-3-5-9(8)10;3-1(4)2(5)6/h2-5H,6-7H2,1H3;(H,3,4)(H,5,6). The highest BCUT2D eigenvalue weighted by atomic mass is 16.4. The quantitative estimate of drug-likeness (QED) is 0.637. The van der Waals surface area contributed by atoms with E-state index in [4.69, 9.17) is 19.8 Å². The fraction of sp³-hybridized carbons (Fsp3) is 0.273. The number of benzene rings is 1. The zero-order chi connectivity index (χ0) is 12.1. The third kappa shape index (κ3) is 2.98. The number of hydrogen-bond acceptors (Lipinski definition) is 3. The van der Waals surface area contributed by atoms with Crippen molar-refractivity contribution < 1.29 is 19.8 Å². The molecule has 0 aliphatic carbocycles. The Morgan fingerprint density at radius 2 is 1.75 bits per heavy atom. The van der Waals surface area contributed by atoms with Crippen LogP contribution in [0, 0.1) is 0 Å². The van der Waals surface area contributed by atoms with Crippen LogP contribution in [0.4, 0.5) is 5.69 Å². The maximum atomic E-state index is 9.10. The Hall–Kier alpha value is -2.04. The molecule has 16 heavy (non-hydrogen) atoms. The molecule has 2 N–H and O–H groups in total. The number of hydrogen-bond donors (Lipinski definition) is 2. The van der Waals surface area contributed by atoms with E-state index in [2.05, 4.69) is 36.2 Å². The molecule has 1 aliphatic rings. The Morgan fingerprint density at radius 1 is 1.19 bits per heavy atom. The molecule has 1 aliphatic heterocycles. The van der Waals surface area contributed by atoms with E-state index in [1.807, 2.05) is 0 Å². The lowest BCUT2D eigenvalue weighted by atomic mass is 10.2. The Balaban J connectivity index is 0.000000187. The van der Waals surface area contributed by atoms with Gasteiger partial charge >= 0.3 is 11.9 Å². The highest BCUT2D eigenvalue weighted by Gasteiger charge is 2.12. The molecule has 1 aromatic carbocycles. The lowest BCUT2D eigenvalue weighted by Gasteiger charge is -2.10. The summed E-state index contributed by atoms with van der Waals surface area (Å²) in [5.74, 6) is -3.65. The van der Waals surface area contributed by atoms with Crippen LogP contribution in [0.25, 0.3) is 0 Å². The molecule has 0 bridgehead atoms. The average molecular weight is 223 g/mol. The van der Waals surface area contributed by atoms with E-state index in [-0.39, 0.29) is 0 Å². The van der Waals surface area contributed by atoms with Gasteiger partial charge in [0.1, 0.15) is 0 Å². The van der Waals surface area contributed by atoms with E-state index in [0.29, 0.717) is 0 Å². The number of para-hydroxylation sites is 1. The monoisotopic (exact) mass is 223 g/mol. The number of aliphatic carboxylic acids is 2. The first-order valence-corrected chi connectivity index (χ1v) is 4.77. The lowest BCUT2D eigenvalue weighted by Crippen LogP contribution is -2.12. The third-order valence-electron chi connectivity index (χ3n) is 2.30. The van der Waals surface area contributed by atoms with Gasteiger partial charge in [-0.2, -0.15) is 0 Å². The third-order valence-corrected chi connectivity index (χ3v) is 2.30. The predicted octanol–water partition coefficient (Wildman–Crippen LogP) is 0.835. The summed E-state index contributed by atoms with van der Waals surface area (Å²) >= 11 is 0. The maximum Gasteiger partial charge on any atom is 0.414 e. The van der Waals surface area contributed by atoms with E-state index in [0.717, 1.165) is 0 Å². The summed E-state index contributed by atoms with van der Waals surface area (Å²) in [5.41, 5.74) is 2.90. The van der Waals surface area contributed by atoms with Gasteiger partial charge in [-0.3, -0.25) is 0 Å². The fourth-order valence-corrected chi connectivity index (χ4v) is 1.50. The van der Waals surface area contributed by atoms with Gasteiger partial charge < -0.3 is 15.1 Å². The number of nitrogens with zero attached hydrogens (tertiary/aromatic N) is 1. The average Bonchev–Trinajstić information content (AvgIpc) is 2.62. The van der Waals surface area contributed by atoms with Gasteiger partial charge in [0.25, 0.3) is 0 Å². The highest BCUT2D eigenvalue weighted by molar-refractivity contribution is 6.27. The normalized spacial score (nSPS) is 12.4. The molecular formula is C11H13NO4. The van der Waals surface area contributed by atoms with Crippen LogP contribution in [0.5, 0.6) is 0 Å². The molecule has 0 amide bonds. The first-order chi connectivity index (χ1) is 7.52. The van der Waals surface area contributed by atoms with Crippen LogP contribution in [0.3, 0.4) is 0 Å². The Labute approximate surface area is 92.9 Å². The second-order valence-corrected chi connectivity index (χ2v) is 3.41. The molecule has 5 heteroatoms. The number of anilines is 1. The van der Waals surface area contributed by atoms with Crippen molar-refractivity contribution in [2.24, 2.45) is 0 Å². The van der Waals surface area contributed by atoms with Crippen molar-refractivity contribution in [3.63, 3.8) is 0 Å². The molecule has 0 radical (unpaired) electrons. The molecule has 0 aromatic heterocycles. The molecule has 2 rings (SSSR count). The summed E-state index contributed by atoms with van der Waals surface area (Å²) in [6, 6.07) is 8.60. The molecule has 5 nitrogen and oxygen atoms in total. The molecule has 0 unspecified atom stereocenters. The lowest BCUT2D eigenvalue weighted by molar-refractivity contribution is -0.159. The van der Waals surface area contributed by atoms with Gasteiger partial charge in [-0.05, 0) is 18.1 Å². The van der Waals surface area contributed by atoms with Crippen molar-refractivity contribution in [3.05, 3.63) is 29.8 Å². The molecule has 0 saturated heterocycles. The number of carbonyl (C=O) groups is 2. The van der Waals surface area contributed by atoms with Crippen LogP contribution in [-0.4, -0.2) is 35.7 Å². The second kappa shape index (κ2) is 5.16. The number of fused-ring (bicyclic) bond motifs is 1. The Kier molecular flexibility index (Phi) is 3.88. The van der Waals surface area contributed by atoms with E-state index in [1.165, 1.54) is 24.2 Å². The van der Waals surface area contributed by atoms with Crippen LogP contribution >= 0.6 is 0 Å². The molecule has 0 fully saturated rings. The summed E-state index contributed by atoms with van der Waals surface area (Å²) in [6.45, 7) is 1.18. The largest absolute Gasteiger partial charge is 0.473 e. The van der Waals surface area contributed by atoms with Crippen LogP contribution in [0.1, 0.15) is 5.56 Å². The second-order valence-electron chi connectivity index (χ2n) is 3.41. The van der Waals surface area contributed by atoms with E-state index in [9.17, 15) is 0 Å². The highest BCUT2D eigenvalue weighted by Crippen LogP contribution is 2.25. The van der Waals surface area contributed by atoms with E-state index in [1.54, 1.807) is 0 Å². The van der Waals surface area contributed by atoms with Gasteiger partial charge in [-0.15, -0.1) is 0 Å². The van der Waals surface area contributed by atoms with Crippen LogP contribution in [-0.2, 0) is 16.0 Å². The van der Waals surface area contributed by atoms with Crippen molar-refractivity contribution >= 4 is 17.6 Å². The smallest absolute Gasteiger partial charge is 0.414 e. The van der Waals surface area contributed by atoms with Crippen molar-refractivity contribution in [3.8, 4) is 0 Å². The summed E-state index contributed by atoms with van der Waals surface area (Å²) in [6.07, 6.45) is 1.21. The number of carboxylic acid groups (broad SMARTS) is 2. The number of carboxylic acids is 2. The van der Waals surface area contributed by atoms with Gasteiger partial charge in [0.2, 0.25) is 0 Å². The van der Waals surface area contributed by atoms with Gasteiger partial charge in [0.15, 0.2) is 0 Å². The van der Waals surface area contributed by atoms with Gasteiger partial charge in [0, 0.05) is 19.3 Å². The Bertz CT molecular complexity index is 391. The Morgan fingerprint density at radius 3 is 2.25 bits per heavy atom. The van der Waals surface area contributed by atoms with Crippen molar-refractivity contribution in [2.45, 2.75) is 6.42 Å². The minimum absolute atomic E-state index is 1.18. The SMILES string of the molecule is CN1CCc2ccccc21.O=C(O)C(=O)O. The topological polar surface area (TPSA) is 77.8 Å². The first-order valence-electron chi connectivity index (χ1n) is 4.77. The molecule has 0 saturated carbocycles. The van der Waals surface area contributed by atoms with Crippen molar-refractivity contribution in [1.82, 2.24) is 0 Å². The molecular weight excluding hydrogens is 210 g/mol. The summed E-state index contributed by atoms with van der Waals surface area (Å²) in [4.78, 5) is 20.5. The zero-order valence-corrected chi connectivity index (χ0v) is 8.88. The van der Waals surface area contributed by atoms with Crippen LogP contribution in [0.15, 0.2) is 24.3 Å². The maximum absolute atomic E-state index is 9.10. The number of likely N-dealkylation sites (N-methyl/N-ethyl adjacent to an activating group) is 1. The first kappa shape index (κ1) is 12.0. The van der Waals surface area contributed by atoms with Gasteiger partial charge in [0.05, 0.1) is 0 Å². The fourth-order valence-electron chi connectivity index (χ4n) is 1.50. The minimum Gasteiger partial charge on any atom is -0.473 e. The summed E-state index contributed by atoms with van der Waals surface area (Å²) in [7, 11) is 2.14. The molecule has 1 aromatic rings. The van der Waals surface area contributed by atoms with Gasteiger partial charge in [-0.1, -0.05) is 18.2 Å². The van der Waals surface area contributed by atoms with Gasteiger partial charge in [-0.25, -0.2) is 9.59 Å². The zero-order valence-electron chi connectivity index (χ0n) is 8.88. The molecule has 1 heterocycles. The number of rotatable bonds is 0. The summed E-state index contributed by atoms with van der Waals surface area (Å²) < 4.78 is 0. The van der Waals surface area contributed by atoms with Crippen molar-refractivity contribution in [2.75, 3.05) is 18.5 Å². The van der Waals surface area contributed by atoms with Crippen LogP contribution in [0.2, 0.25) is 0 Å². The molecule has 0 atom stereocenters. The van der Waals surface area contributed by atoms with E-state index >= 15 is 0 Å². The molecule has 86 valence electrons. The van der Waals surface area contributed by atoms with E-state index < -0.39 is 11.9 Å². The minimum atomic E-state index is -1.82. The predicted molar refractivity (Wildman–Crippen MR) is 58.7 cm³/mol. The van der Waals surface area contributed by atoms with Crippen molar-refractivity contribution in [1.29, 1.82) is 0 Å².